The lowest BCUT2D eigenvalue weighted by Crippen LogP contribution is -2.38. The average Bonchev–Trinajstić information content (AvgIpc) is 3.36. The number of anilines is 1. The lowest BCUT2D eigenvalue weighted by Gasteiger charge is -2.31. The van der Waals surface area contributed by atoms with Crippen molar-refractivity contribution in [1.82, 2.24) is 15.1 Å². The molecule has 29 heavy (non-hydrogen) atoms. The number of hydrogen-bond acceptors (Lipinski definition) is 6. The number of aromatic nitrogens is 2. The molecule has 1 aliphatic heterocycles. The zero-order valence-electron chi connectivity index (χ0n) is 16.4. The fourth-order valence-electron chi connectivity index (χ4n) is 4.05. The highest BCUT2D eigenvalue weighted by Crippen LogP contribution is 2.30. The molecule has 1 aromatic heterocycles. The number of nitrogens with zero attached hydrogens (tertiary/aromatic N) is 3. The van der Waals surface area contributed by atoms with Gasteiger partial charge in [-0.25, -0.2) is 0 Å². The molecular formula is C21H26N4O2S2. The van der Waals surface area contributed by atoms with Crippen LogP contribution in [0.2, 0.25) is 0 Å². The van der Waals surface area contributed by atoms with E-state index in [1.54, 1.807) is 11.8 Å². The second kappa shape index (κ2) is 9.71. The maximum Gasteiger partial charge on any atom is 0.231 e. The molecule has 0 spiro atoms. The summed E-state index contributed by atoms with van der Waals surface area (Å²) in [6.45, 7) is 0.536. The maximum atomic E-state index is 12.6. The van der Waals surface area contributed by atoms with Crippen LogP contribution in [0.1, 0.15) is 49.1 Å². The molecule has 0 radical (unpaired) electrons. The molecule has 0 bridgehead atoms. The van der Waals surface area contributed by atoms with Crippen LogP contribution in [0.5, 0.6) is 0 Å². The summed E-state index contributed by atoms with van der Waals surface area (Å²) in [5.74, 6) is 1.40. The van der Waals surface area contributed by atoms with E-state index in [9.17, 15) is 9.59 Å². The van der Waals surface area contributed by atoms with Crippen LogP contribution < -0.4 is 5.32 Å². The molecule has 1 N–H and O–H groups in total. The molecule has 1 saturated heterocycles. The summed E-state index contributed by atoms with van der Waals surface area (Å²) >= 11 is 3.19. The van der Waals surface area contributed by atoms with E-state index in [0.717, 1.165) is 29.4 Å². The monoisotopic (exact) mass is 430 g/mol. The smallest absolute Gasteiger partial charge is 0.231 e. The van der Waals surface area contributed by atoms with E-state index in [-0.39, 0.29) is 17.7 Å². The minimum atomic E-state index is -0.288. The third-order valence-corrected chi connectivity index (χ3v) is 7.62. The molecule has 2 aliphatic rings. The highest BCUT2D eigenvalue weighted by molar-refractivity contribution is 7.97. The third-order valence-electron chi connectivity index (χ3n) is 5.58. The zero-order chi connectivity index (χ0) is 20.1. The Labute approximate surface area is 179 Å². The maximum absolute atomic E-state index is 12.6. The molecule has 8 heteroatoms. The molecule has 1 aliphatic carbocycles. The molecule has 2 fully saturated rings. The Morgan fingerprint density at radius 3 is 2.72 bits per heavy atom. The van der Waals surface area contributed by atoms with Gasteiger partial charge < -0.3 is 10.2 Å². The van der Waals surface area contributed by atoms with Crippen LogP contribution >= 0.6 is 23.1 Å². The zero-order valence-corrected chi connectivity index (χ0v) is 18.0. The summed E-state index contributed by atoms with van der Waals surface area (Å²) < 4.78 is 0. The van der Waals surface area contributed by atoms with E-state index < -0.39 is 0 Å². The molecule has 2 amide bonds. The SMILES string of the molecule is O=C(Nc1nnc(CSCc2ccccc2)s1)C1CC(=O)N(C2CCCCC2)C1. The summed E-state index contributed by atoms with van der Waals surface area (Å²) in [4.78, 5) is 27.0. The molecule has 2 heterocycles. The summed E-state index contributed by atoms with van der Waals surface area (Å²) in [5.41, 5.74) is 1.28. The topological polar surface area (TPSA) is 75.2 Å². The van der Waals surface area contributed by atoms with Gasteiger partial charge in [-0.3, -0.25) is 9.59 Å². The number of rotatable bonds is 7. The summed E-state index contributed by atoms with van der Waals surface area (Å²) in [6.07, 6.45) is 6.07. The van der Waals surface area contributed by atoms with E-state index in [0.29, 0.717) is 24.1 Å². The van der Waals surface area contributed by atoms with Gasteiger partial charge in [0.15, 0.2) is 0 Å². The number of carbonyl (C=O) groups excluding carboxylic acids is 2. The summed E-state index contributed by atoms with van der Waals surface area (Å²) in [7, 11) is 0. The molecule has 1 saturated carbocycles. The Balaban J connectivity index is 1.25. The second-order valence-electron chi connectivity index (χ2n) is 7.71. The van der Waals surface area contributed by atoms with Crippen LogP contribution in [-0.2, 0) is 21.1 Å². The van der Waals surface area contributed by atoms with Crippen molar-refractivity contribution in [3.8, 4) is 0 Å². The minimum absolute atomic E-state index is 0.115. The number of thioether (sulfide) groups is 1. The van der Waals surface area contributed by atoms with E-state index in [1.165, 1.54) is 36.2 Å². The number of carbonyl (C=O) groups is 2. The van der Waals surface area contributed by atoms with Gasteiger partial charge in [0.25, 0.3) is 0 Å². The van der Waals surface area contributed by atoms with E-state index >= 15 is 0 Å². The first-order chi connectivity index (χ1) is 14.2. The number of amides is 2. The van der Waals surface area contributed by atoms with Gasteiger partial charge in [0.1, 0.15) is 5.01 Å². The Hall–Kier alpha value is -1.93. The van der Waals surface area contributed by atoms with Gasteiger partial charge in [0, 0.05) is 30.5 Å². The highest BCUT2D eigenvalue weighted by Gasteiger charge is 2.38. The predicted molar refractivity (Wildman–Crippen MR) is 117 cm³/mol. The normalized spacial score (nSPS) is 20.2. The molecule has 1 unspecified atom stereocenters. The Bertz CT molecular complexity index is 836. The first-order valence-electron chi connectivity index (χ1n) is 10.2. The minimum Gasteiger partial charge on any atom is -0.339 e. The molecule has 1 aromatic carbocycles. The van der Waals surface area contributed by atoms with Crippen molar-refractivity contribution in [2.75, 3.05) is 11.9 Å². The highest BCUT2D eigenvalue weighted by atomic mass is 32.2. The van der Waals surface area contributed by atoms with Crippen molar-refractivity contribution in [3.63, 3.8) is 0 Å². The van der Waals surface area contributed by atoms with Gasteiger partial charge in [0.2, 0.25) is 16.9 Å². The van der Waals surface area contributed by atoms with Gasteiger partial charge in [-0.15, -0.1) is 22.0 Å². The van der Waals surface area contributed by atoms with Gasteiger partial charge in [0.05, 0.1) is 5.92 Å². The molecular weight excluding hydrogens is 404 g/mol. The van der Waals surface area contributed by atoms with Crippen molar-refractivity contribution in [2.24, 2.45) is 5.92 Å². The number of benzene rings is 1. The molecule has 1 atom stereocenters. The standard InChI is InChI=1S/C21H26N4O2S2/c26-19-11-16(12-25(19)17-9-5-2-6-10-17)20(27)22-21-24-23-18(29-21)14-28-13-15-7-3-1-4-8-15/h1,3-4,7-8,16-17H,2,5-6,9-14H2,(H,22,24,27). The fourth-order valence-corrected chi connectivity index (χ4v) is 5.84. The van der Waals surface area contributed by atoms with Crippen molar-refractivity contribution >= 4 is 40.0 Å². The summed E-state index contributed by atoms with van der Waals surface area (Å²) in [6, 6.07) is 10.6. The Kier molecular flexibility index (Phi) is 6.82. The van der Waals surface area contributed by atoms with Gasteiger partial charge >= 0.3 is 0 Å². The van der Waals surface area contributed by atoms with Crippen molar-refractivity contribution in [1.29, 1.82) is 0 Å². The first kappa shape index (κ1) is 20.3. The molecule has 4 rings (SSSR count). The number of nitrogens with one attached hydrogen (secondary N) is 1. The quantitative estimate of drug-likeness (QED) is 0.716. The van der Waals surface area contributed by atoms with Crippen LogP contribution in [-0.4, -0.2) is 39.5 Å². The van der Waals surface area contributed by atoms with Crippen LogP contribution in [0.3, 0.4) is 0 Å². The third kappa shape index (κ3) is 5.36. The summed E-state index contributed by atoms with van der Waals surface area (Å²) in [5, 5.41) is 12.6. The van der Waals surface area contributed by atoms with Gasteiger partial charge in [-0.1, -0.05) is 60.9 Å². The lowest BCUT2D eigenvalue weighted by molar-refractivity contribution is -0.130. The number of hydrogen-bond donors (Lipinski definition) is 1. The molecule has 2 aromatic rings. The van der Waals surface area contributed by atoms with Crippen molar-refractivity contribution in [2.45, 2.75) is 56.1 Å². The van der Waals surface area contributed by atoms with Crippen LogP contribution in [0.25, 0.3) is 0 Å². The lowest BCUT2D eigenvalue weighted by atomic mass is 9.94. The predicted octanol–water partition coefficient (Wildman–Crippen LogP) is 4.09. The van der Waals surface area contributed by atoms with E-state index in [2.05, 4.69) is 27.6 Å². The van der Waals surface area contributed by atoms with Gasteiger partial charge in [-0.2, -0.15) is 0 Å². The van der Waals surface area contributed by atoms with Crippen LogP contribution in [0.4, 0.5) is 5.13 Å². The molecule has 6 nitrogen and oxygen atoms in total. The van der Waals surface area contributed by atoms with Crippen LogP contribution in [0.15, 0.2) is 30.3 Å². The average molecular weight is 431 g/mol. The largest absolute Gasteiger partial charge is 0.339 e. The van der Waals surface area contributed by atoms with Gasteiger partial charge in [-0.05, 0) is 18.4 Å². The van der Waals surface area contributed by atoms with Crippen LogP contribution in [0, 0.1) is 5.92 Å². The molecule has 154 valence electrons. The fraction of sp³-hybridized carbons (Fsp3) is 0.524. The van der Waals surface area contributed by atoms with Crippen molar-refractivity contribution in [3.05, 3.63) is 40.9 Å². The Morgan fingerprint density at radius 2 is 1.93 bits per heavy atom. The van der Waals surface area contributed by atoms with Crippen molar-refractivity contribution < 1.29 is 9.59 Å². The van der Waals surface area contributed by atoms with E-state index in [4.69, 9.17) is 0 Å². The van der Waals surface area contributed by atoms with E-state index in [1.807, 2.05) is 23.1 Å². The number of likely N-dealkylation sites (tertiary alicyclic amines) is 1. The second-order valence-corrected chi connectivity index (χ2v) is 9.76. The first-order valence-corrected chi connectivity index (χ1v) is 12.2. The Morgan fingerprint density at radius 1 is 1.14 bits per heavy atom.